The first-order valence-electron chi connectivity index (χ1n) is 4.55. The van der Waals surface area contributed by atoms with E-state index in [2.05, 4.69) is 4.37 Å². The predicted octanol–water partition coefficient (Wildman–Crippen LogP) is 0.797. The van der Waals surface area contributed by atoms with Crippen LogP contribution in [0.25, 0.3) is 0 Å². The van der Waals surface area contributed by atoms with Gasteiger partial charge in [0.2, 0.25) is 5.91 Å². The summed E-state index contributed by atoms with van der Waals surface area (Å²) in [6.45, 7) is 2.61. The van der Waals surface area contributed by atoms with Crippen molar-refractivity contribution in [3.8, 4) is 0 Å². The van der Waals surface area contributed by atoms with E-state index in [0.717, 1.165) is 10.7 Å². The van der Waals surface area contributed by atoms with Crippen LogP contribution >= 0.6 is 11.5 Å². The van der Waals surface area contributed by atoms with Gasteiger partial charge in [0.05, 0.1) is 5.69 Å². The molecule has 0 radical (unpaired) electrons. The van der Waals surface area contributed by atoms with Gasteiger partial charge in [-0.15, -0.1) is 0 Å². The molecule has 1 aliphatic rings. The van der Waals surface area contributed by atoms with Gasteiger partial charge in [-0.05, 0) is 24.5 Å². The Morgan fingerprint density at radius 3 is 3.07 bits per heavy atom. The van der Waals surface area contributed by atoms with Crippen molar-refractivity contribution >= 4 is 22.4 Å². The van der Waals surface area contributed by atoms with Gasteiger partial charge in [0.15, 0.2) is 0 Å². The van der Waals surface area contributed by atoms with E-state index in [1.54, 1.807) is 4.90 Å². The number of hydrogen-bond acceptors (Lipinski definition) is 4. The zero-order valence-electron chi connectivity index (χ0n) is 7.93. The molecular formula is C9H12N2O2S. The first kappa shape index (κ1) is 9.61. The molecule has 0 saturated carbocycles. The summed E-state index contributed by atoms with van der Waals surface area (Å²) in [6.07, 6.45) is 0.452. The van der Waals surface area contributed by atoms with Crippen molar-refractivity contribution in [1.82, 2.24) is 4.37 Å². The maximum atomic E-state index is 11.5. The number of rotatable bonds is 2. The van der Waals surface area contributed by atoms with Crippen molar-refractivity contribution < 1.29 is 9.90 Å². The number of nitrogens with zero attached hydrogens (tertiary/aromatic N) is 2. The van der Waals surface area contributed by atoms with Crippen LogP contribution in [-0.4, -0.2) is 28.5 Å². The highest BCUT2D eigenvalue weighted by Crippen LogP contribution is 2.28. The first-order valence-corrected chi connectivity index (χ1v) is 5.32. The highest BCUT2D eigenvalue weighted by molar-refractivity contribution is 7.10. The average molecular weight is 212 g/mol. The minimum absolute atomic E-state index is 0.0834. The van der Waals surface area contributed by atoms with Crippen molar-refractivity contribution in [2.75, 3.05) is 18.1 Å². The van der Waals surface area contributed by atoms with Crippen LogP contribution in [0.3, 0.4) is 0 Å². The van der Waals surface area contributed by atoms with E-state index in [-0.39, 0.29) is 18.4 Å². The van der Waals surface area contributed by atoms with Crippen LogP contribution in [0.1, 0.15) is 12.1 Å². The molecule has 0 aliphatic carbocycles. The first-order chi connectivity index (χ1) is 6.70. The quantitative estimate of drug-likeness (QED) is 0.788. The van der Waals surface area contributed by atoms with Gasteiger partial charge in [-0.25, -0.2) is 0 Å². The van der Waals surface area contributed by atoms with Crippen molar-refractivity contribution in [1.29, 1.82) is 0 Å². The highest BCUT2D eigenvalue weighted by Gasteiger charge is 2.30. The fourth-order valence-corrected chi connectivity index (χ4v) is 2.38. The lowest BCUT2D eigenvalue weighted by Crippen LogP contribution is -2.23. The Balaban J connectivity index is 2.16. The van der Waals surface area contributed by atoms with Gasteiger partial charge in [-0.1, -0.05) is 0 Å². The lowest BCUT2D eigenvalue weighted by atomic mass is 10.1. The molecule has 5 heteroatoms. The van der Waals surface area contributed by atoms with Crippen LogP contribution in [-0.2, 0) is 4.79 Å². The molecule has 1 atom stereocenters. The van der Waals surface area contributed by atoms with Gasteiger partial charge >= 0.3 is 0 Å². The summed E-state index contributed by atoms with van der Waals surface area (Å²) in [5.74, 6) is 0.178. The summed E-state index contributed by atoms with van der Waals surface area (Å²) in [7, 11) is 0. The molecule has 2 heterocycles. The van der Waals surface area contributed by atoms with E-state index in [1.165, 1.54) is 11.5 Å². The summed E-state index contributed by atoms with van der Waals surface area (Å²) >= 11 is 1.34. The molecule has 1 saturated heterocycles. The normalized spacial score (nSPS) is 22.0. The molecule has 0 aromatic carbocycles. The molecular weight excluding hydrogens is 200 g/mol. The Morgan fingerprint density at radius 1 is 1.79 bits per heavy atom. The van der Waals surface area contributed by atoms with Gasteiger partial charge in [-0.2, -0.15) is 4.37 Å². The molecule has 0 spiro atoms. The van der Waals surface area contributed by atoms with Crippen molar-refractivity contribution in [3.63, 3.8) is 0 Å². The van der Waals surface area contributed by atoms with E-state index >= 15 is 0 Å². The van der Waals surface area contributed by atoms with Gasteiger partial charge in [0.25, 0.3) is 0 Å². The molecule has 1 unspecified atom stereocenters. The average Bonchev–Trinajstić information content (AvgIpc) is 2.71. The third-order valence-corrected chi connectivity index (χ3v) is 3.25. The molecule has 14 heavy (non-hydrogen) atoms. The second kappa shape index (κ2) is 3.67. The summed E-state index contributed by atoms with van der Waals surface area (Å²) in [5.41, 5.74) is 0.935. The van der Waals surface area contributed by atoms with Crippen LogP contribution in [0, 0.1) is 12.8 Å². The highest BCUT2D eigenvalue weighted by atomic mass is 32.1. The minimum Gasteiger partial charge on any atom is -0.396 e. The monoisotopic (exact) mass is 212 g/mol. The van der Waals surface area contributed by atoms with E-state index < -0.39 is 0 Å². The lowest BCUT2D eigenvalue weighted by molar-refractivity contribution is -0.117. The maximum absolute atomic E-state index is 11.5. The Labute approximate surface area is 86.3 Å². The maximum Gasteiger partial charge on any atom is 0.228 e. The number of aryl methyl sites for hydroxylation is 1. The van der Waals surface area contributed by atoms with Gasteiger partial charge in [0.1, 0.15) is 5.00 Å². The summed E-state index contributed by atoms with van der Waals surface area (Å²) in [4.78, 5) is 13.3. The van der Waals surface area contributed by atoms with Crippen molar-refractivity contribution in [3.05, 3.63) is 11.8 Å². The molecule has 0 bridgehead atoms. The Morgan fingerprint density at radius 2 is 2.57 bits per heavy atom. The summed E-state index contributed by atoms with van der Waals surface area (Å²) < 4.78 is 4.13. The standard InChI is InChI=1S/C9H12N2O2S/c1-6-2-9(14-10-6)11-4-7(5-12)3-8(11)13/h2,7,12H,3-5H2,1H3. The fourth-order valence-electron chi connectivity index (χ4n) is 1.59. The van der Waals surface area contributed by atoms with Gasteiger partial charge in [-0.3, -0.25) is 4.79 Å². The molecule has 1 aliphatic heterocycles. The van der Waals surface area contributed by atoms with E-state index in [9.17, 15) is 4.79 Å². The number of aliphatic hydroxyl groups excluding tert-OH is 1. The molecule has 2 rings (SSSR count). The molecule has 1 amide bonds. The van der Waals surface area contributed by atoms with Crippen LogP contribution in [0.2, 0.25) is 0 Å². The topological polar surface area (TPSA) is 53.4 Å². The smallest absolute Gasteiger partial charge is 0.228 e. The number of carbonyl (C=O) groups excluding carboxylic acids is 1. The Bertz CT molecular complexity index is 350. The molecule has 1 aromatic heterocycles. The number of aliphatic hydroxyl groups is 1. The van der Waals surface area contributed by atoms with Crippen LogP contribution in [0.15, 0.2) is 6.07 Å². The number of aromatic nitrogens is 1. The van der Waals surface area contributed by atoms with E-state index in [4.69, 9.17) is 5.11 Å². The second-order valence-electron chi connectivity index (χ2n) is 3.56. The third-order valence-electron chi connectivity index (χ3n) is 2.34. The molecule has 76 valence electrons. The van der Waals surface area contributed by atoms with Gasteiger partial charge < -0.3 is 10.0 Å². The zero-order chi connectivity index (χ0) is 10.1. The fraction of sp³-hybridized carbons (Fsp3) is 0.556. The second-order valence-corrected chi connectivity index (χ2v) is 4.35. The van der Waals surface area contributed by atoms with Crippen LogP contribution < -0.4 is 4.90 Å². The lowest BCUT2D eigenvalue weighted by Gasteiger charge is -2.12. The zero-order valence-corrected chi connectivity index (χ0v) is 8.75. The van der Waals surface area contributed by atoms with Crippen molar-refractivity contribution in [2.24, 2.45) is 5.92 Å². The SMILES string of the molecule is Cc1cc(N2CC(CO)CC2=O)sn1. The molecule has 1 aromatic rings. The Kier molecular flexibility index (Phi) is 2.52. The minimum atomic E-state index is 0.0834. The molecule has 1 fully saturated rings. The number of amides is 1. The third kappa shape index (κ3) is 1.65. The Hall–Kier alpha value is -0.940. The number of anilines is 1. The van der Waals surface area contributed by atoms with E-state index in [1.807, 2.05) is 13.0 Å². The van der Waals surface area contributed by atoms with Crippen molar-refractivity contribution in [2.45, 2.75) is 13.3 Å². The largest absolute Gasteiger partial charge is 0.396 e. The van der Waals surface area contributed by atoms with Crippen LogP contribution in [0.4, 0.5) is 5.00 Å². The number of carbonyl (C=O) groups is 1. The van der Waals surface area contributed by atoms with Gasteiger partial charge in [0, 0.05) is 25.5 Å². The van der Waals surface area contributed by atoms with E-state index in [0.29, 0.717) is 13.0 Å². The molecule has 1 N–H and O–H groups in total. The predicted molar refractivity (Wildman–Crippen MR) is 54.4 cm³/mol. The number of hydrogen-bond donors (Lipinski definition) is 1. The molecule has 4 nitrogen and oxygen atoms in total. The summed E-state index contributed by atoms with van der Waals surface area (Å²) in [6, 6.07) is 1.91. The van der Waals surface area contributed by atoms with Crippen LogP contribution in [0.5, 0.6) is 0 Å². The summed E-state index contributed by atoms with van der Waals surface area (Å²) in [5, 5.41) is 9.85.